The number of hydrogen-bond acceptors (Lipinski definition) is 5. The largest absolute Gasteiger partial charge is 0.354 e. The van der Waals surface area contributed by atoms with Crippen molar-refractivity contribution in [2.45, 2.75) is 25.4 Å². The highest BCUT2D eigenvalue weighted by atomic mass is 35.5. The summed E-state index contributed by atoms with van der Waals surface area (Å²) in [6.45, 7) is 3.03. The number of rotatable bonds is 4. The van der Waals surface area contributed by atoms with E-state index in [1.807, 2.05) is 18.2 Å². The fraction of sp³-hybridized carbons (Fsp3) is 0.467. The summed E-state index contributed by atoms with van der Waals surface area (Å²) in [5.41, 5.74) is 0. The lowest BCUT2D eigenvalue weighted by Crippen LogP contribution is -2.46. The lowest BCUT2D eigenvalue weighted by molar-refractivity contribution is 0.209. The molecule has 0 radical (unpaired) electrons. The van der Waals surface area contributed by atoms with Crippen molar-refractivity contribution in [3.8, 4) is 0 Å². The van der Waals surface area contributed by atoms with E-state index in [0.717, 1.165) is 29.8 Å². The number of nitrogens with zero attached hydrogens (tertiary/aromatic N) is 4. The molecule has 0 aromatic carbocycles. The van der Waals surface area contributed by atoms with Gasteiger partial charge in [-0.1, -0.05) is 11.6 Å². The van der Waals surface area contributed by atoms with Crippen molar-refractivity contribution in [2.24, 2.45) is 0 Å². The molecule has 2 aromatic rings. The lowest BCUT2D eigenvalue weighted by Gasteiger charge is -2.37. The molecule has 3 heterocycles. The minimum absolute atomic E-state index is 0.543. The topological polar surface area (TPSA) is 32.3 Å². The van der Waals surface area contributed by atoms with Crippen LogP contribution in [0.15, 0.2) is 30.5 Å². The van der Waals surface area contributed by atoms with Crippen molar-refractivity contribution in [3.05, 3.63) is 39.7 Å². The molecular weight excluding hydrogens is 304 g/mol. The van der Waals surface area contributed by atoms with Crippen LogP contribution in [0.3, 0.4) is 0 Å². The second kappa shape index (κ2) is 6.73. The normalized spacial score (nSPS) is 19.2. The summed E-state index contributed by atoms with van der Waals surface area (Å²) in [7, 11) is 2.19. The molecule has 1 atom stereocenters. The molecule has 3 rings (SSSR count). The summed E-state index contributed by atoms with van der Waals surface area (Å²) in [5, 5.41) is 8.21. The van der Waals surface area contributed by atoms with Crippen molar-refractivity contribution in [2.75, 3.05) is 25.0 Å². The van der Waals surface area contributed by atoms with E-state index in [9.17, 15) is 0 Å². The van der Waals surface area contributed by atoms with Gasteiger partial charge >= 0.3 is 0 Å². The quantitative estimate of drug-likeness (QED) is 0.864. The Kier molecular flexibility index (Phi) is 4.73. The SMILES string of the molecule is CN(Cc1ccc(Cl)s1)C1CCCN(c2cccnn2)C1. The molecule has 0 bridgehead atoms. The van der Waals surface area contributed by atoms with Crippen LogP contribution in [0, 0.1) is 0 Å². The summed E-state index contributed by atoms with van der Waals surface area (Å²) < 4.78 is 0.864. The van der Waals surface area contributed by atoms with E-state index in [2.05, 4.69) is 33.1 Å². The van der Waals surface area contributed by atoms with Crippen LogP contribution in [0.25, 0.3) is 0 Å². The number of anilines is 1. The Hall–Kier alpha value is -1.17. The molecule has 6 heteroatoms. The molecule has 0 spiro atoms. The summed E-state index contributed by atoms with van der Waals surface area (Å²) >= 11 is 7.67. The van der Waals surface area contributed by atoms with E-state index in [-0.39, 0.29) is 0 Å². The zero-order chi connectivity index (χ0) is 14.7. The zero-order valence-corrected chi connectivity index (χ0v) is 13.6. The van der Waals surface area contributed by atoms with Gasteiger partial charge in [-0.25, -0.2) is 0 Å². The summed E-state index contributed by atoms with van der Waals surface area (Å²) in [6.07, 6.45) is 4.14. The van der Waals surface area contributed by atoms with Crippen molar-refractivity contribution >= 4 is 28.8 Å². The third kappa shape index (κ3) is 3.73. The predicted molar refractivity (Wildman–Crippen MR) is 88.1 cm³/mol. The minimum atomic E-state index is 0.543. The van der Waals surface area contributed by atoms with Crippen LogP contribution >= 0.6 is 22.9 Å². The second-order valence-electron chi connectivity index (χ2n) is 5.44. The first-order valence-electron chi connectivity index (χ1n) is 7.19. The Morgan fingerprint density at radius 3 is 3.05 bits per heavy atom. The second-order valence-corrected chi connectivity index (χ2v) is 7.24. The van der Waals surface area contributed by atoms with Crippen molar-refractivity contribution in [3.63, 3.8) is 0 Å². The monoisotopic (exact) mass is 322 g/mol. The molecular formula is C15H19ClN4S. The number of thiophene rings is 1. The fourth-order valence-electron chi connectivity index (χ4n) is 2.80. The first-order chi connectivity index (χ1) is 10.2. The van der Waals surface area contributed by atoms with Crippen LogP contribution in [0.2, 0.25) is 4.34 Å². The van der Waals surface area contributed by atoms with E-state index in [1.54, 1.807) is 17.5 Å². The first kappa shape index (κ1) is 14.8. The number of hydrogen-bond donors (Lipinski definition) is 0. The van der Waals surface area contributed by atoms with Gasteiger partial charge in [-0.3, -0.25) is 4.90 Å². The van der Waals surface area contributed by atoms with Gasteiger partial charge in [0.15, 0.2) is 5.82 Å². The molecule has 1 saturated heterocycles. The average Bonchev–Trinajstić information content (AvgIpc) is 2.93. The Morgan fingerprint density at radius 1 is 1.43 bits per heavy atom. The highest BCUT2D eigenvalue weighted by molar-refractivity contribution is 7.16. The zero-order valence-electron chi connectivity index (χ0n) is 12.1. The molecule has 2 aromatic heterocycles. The summed E-state index contributed by atoms with van der Waals surface area (Å²) in [4.78, 5) is 6.07. The first-order valence-corrected chi connectivity index (χ1v) is 8.39. The summed E-state index contributed by atoms with van der Waals surface area (Å²) in [5.74, 6) is 0.981. The smallest absolute Gasteiger partial charge is 0.151 e. The molecule has 21 heavy (non-hydrogen) atoms. The molecule has 4 nitrogen and oxygen atoms in total. The molecule has 1 fully saturated rings. The minimum Gasteiger partial charge on any atom is -0.354 e. The maximum atomic E-state index is 6.01. The van der Waals surface area contributed by atoms with Crippen LogP contribution in [-0.4, -0.2) is 41.3 Å². The Labute approximate surface area is 134 Å². The highest BCUT2D eigenvalue weighted by Crippen LogP contribution is 2.25. The van der Waals surface area contributed by atoms with Gasteiger partial charge in [0.1, 0.15) is 0 Å². The van der Waals surface area contributed by atoms with Gasteiger partial charge in [0, 0.05) is 36.8 Å². The molecule has 1 aliphatic rings. The standard InChI is InChI=1S/C15H19ClN4S/c1-19(11-13-6-7-14(16)21-13)12-4-3-9-20(10-12)15-5-2-8-17-18-15/h2,5-8,12H,3-4,9-11H2,1H3. The maximum absolute atomic E-state index is 6.01. The van der Waals surface area contributed by atoms with Gasteiger partial charge in [-0.2, -0.15) is 5.10 Å². The van der Waals surface area contributed by atoms with Crippen LogP contribution in [0.5, 0.6) is 0 Å². The lowest BCUT2D eigenvalue weighted by atomic mass is 10.0. The third-order valence-corrected chi connectivity index (χ3v) is 5.15. The van der Waals surface area contributed by atoms with Gasteiger partial charge in [-0.15, -0.1) is 16.4 Å². The number of aromatic nitrogens is 2. The molecule has 0 amide bonds. The van der Waals surface area contributed by atoms with Crippen LogP contribution < -0.4 is 4.90 Å². The van der Waals surface area contributed by atoms with E-state index in [0.29, 0.717) is 6.04 Å². The van der Waals surface area contributed by atoms with E-state index < -0.39 is 0 Å². The maximum Gasteiger partial charge on any atom is 0.151 e. The third-order valence-electron chi connectivity index (χ3n) is 3.94. The van der Waals surface area contributed by atoms with Crippen molar-refractivity contribution in [1.82, 2.24) is 15.1 Å². The van der Waals surface area contributed by atoms with Crippen molar-refractivity contribution in [1.29, 1.82) is 0 Å². The van der Waals surface area contributed by atoms with Crippen molar-refractivity contribution < 1.29 is 0 Å². The van der Waals surface area contributed by atoms with E-state index >= 15 is 0 Å². The molecule has 0 saturated carbocycles. The van der Waals surface area contributed by atoms with Crippen LogP contribution in [-0.2, 0) is 6.54 Å². The fourth-order valence-corrected chi connectivity index (χ4v) is 3.95. The Morgan fingerprint density at radius 2 is 2.33 bits per heavy atom. The molecule has 1 aliphatic heterocycles. The van der Waals surface area contributed by atoms with E-state index in [4.69, 9.17) is 11.6 Å². The number of likely N-dealkylation sites (N-methyl/N-ethyl adjacent to an activating group) is 1. The van der Waals surface area contributed by atoms with Gasteiger partial charge in [0.25, 0.3) is 0 Å². The van der Waals surface area contributed by atoms with Gasteiger partial charge in [0.2, 0.25) is 0 Å². The van der Waals surface area contributed by atoms with E-state index in [1.165, 1.54) is 17.7 Å². The van der Waals surface area contributed by atoms with Gasteiger partial charge < -0.3 is 4.90 Å². The predicted octanol–water partition coefficient (Wildman–Crippen LogP) is 3.29. The Balaban J connectivity index is 1.62. The van der Waals surface area contributed by atoms with Gasteiger partial charge in [0.05, 0.1) is 4.34 Å². The molecule has 0 N–H and O–H groups in total. The van der Waals surface area contributed by atoms with Crippen LogP contribution in [0.1, 0.15) is 17.7 Å². The molecule has 0 aliphatic carbocycles. The molecule has 112 valence electrons. The molecule has 1 unspecified atom stereocenters. The average molecular weight is 323 g/mol. The summed E-state index contributed by atoms with van der Waals surface area (Å²) in [6, 6.07) is 8.62. The number of piperidine rings is 1. The van der Waals surface area contributed by atoms with Crippen LogP contribution in [0.4, 0.5) is 5.82 Å². The highest BCUT2D eigenvalue weighted by Gasteiger charge is 2.24. The Bertz CT molecular complexity index is 574. The van der Waals surface area contributed by atoms with Gasteiger partial charge in [-0.05, 0) is 44.2 Å². The number of halogens is 1.